The molecule has 5 atom stereocenters. The Morgan fingerprint density at radius 3 is 2.15 bits per heavy atom. The minimum atomic E-state index is -5.78. The number of ether oxygens (including phenoxy) is 6. The maximum atomic E-state index is 12.8. The highest BCUT2D eigenvalue weighted by atomic mass is 31.3. The molecule has 0 bridgehead atoms. The van der Waals surface area contributed by atoms with Gasteiger partial charge in [0.05, 0.1) is 57.9 Å². The molecule has 1 aromatic heterocycles. The van der Waals surface area contributed by atoms with Crippen molar-refractivity contribution in [2.75, 3.05) is 64.8 Å². The maximum Gasteiger partial charge on any atom is 0.490 e. The topological polar surface area (TPSA) is 319 Å². The van der Waals surface area contributed by atoms with Gasteiger partial charge in [0.1, 0.15) is 25.5 Å². The summed E-state index contributed by atoms with van der Waals surface area (Å²) >= 11 is 0. The Labute approximate surface area is 293 Å². The lowest BCUT2D eigenvalue weighted by atomic mass is 10.2. The number of aromatic amines is 1. The Morgan fingerprint density at radius 2 is 1.52 bits per heavy atom. The van der Waals surface area contributed by atoms with Crippen molar-refractivity contribution >= 4 is 41.1 Å². The molecule has 0 saturated carbocycles. The lowest BCUT2D eigenvalue weighted by molar-refractivity contribution is -0.111. The summed E-state index contributed by atoms with van der Waals surface area (Å²) in [5.41, 5.74) is -1.73. The molecule has 23 nitrogen and oxygen atoms in total. The summed E-state index contributed by atoms with van der Waals surface area (Å²) in [7, 11) is -16.9. The third kappa shape index (κ3) is 13.7. The van der Waals surface area contributed by atoms with E-state index in [1.165, 1.54) is 6.07 Å². The first-order chi connectivity index (χ1) is 24.5. The number of aliphatic hydroxyl groups excluding tert-OH is 1. The van der Waals surface area contributed by atoms with Crippen molar-refractivity contribution in [1.29, 1.82) is 0 Å². The van der Waals surface area contributed by atoms with Crippen molar-refractivity contribution in [3.63, 3.8) is 0 Å². The standard InChI is InChI=1S/C26H36N3O20P3/c30-19-14-24(47-22(19)16-46-51(37,38)49-52(39,40)48-50(34,35)36)29-15-17(25(32)28-26(29)33)1-4-23(31)27-18-2-3-20-21(13-18)45-12-10-43-8-6-41-5-7-42-9-11-44-20/h1-4,13,15,19,22,24,30H,5-12,14,16H2,(H,27,31)(H,37,38)(H,39,40)(H,28,32,33)(H2,34,35,36)/b4-1+/t19-,22+,24+/m0/s1. The molecule has 4 rings (SSSR count). The van der Waals surface area contributed by atoms with E-state index < -0.39 is 65.7 Å². The highest BCUT2D eigenvalue weighted by molar-refractivity contribution is 7.66. The molecule has 1 saturated heterocycles. The highest BCUT2D eigenvalue weighted by Crippen LogP contribution is 2.66. The third-order valence-electron chi connectivity index (χ3n) is 6.67. The number of H-pyrrole nitrogens is 1. The molecule has 1 aromatic carbocycles. The second-order valence-corrected chi connectivity index (χ2v) is 15.0. The van der Waals surface area contributed by atoms with Gasteiger partial charge in [-0.05, 0) is 18.2 Å². The summed E-state index contributed by atoms with van der Waals surface area (Å²) < 4.78 is 80.2. The monoisotopic (exact) mass is 803 g/mol. The number of anilines is 1. The van der Waals surface area contributed by atoms with E-state index in [2.05, 4.69) is 18.5 Å². The van der Waals surface area contributed by atoms with E-state index in [-0.39, 0.29) is 31.8 Å². The van der Waals surface area contributed by atoms with Crippen molar-refractivity contribution in [2.45, 2.75) is 24.9 Å². The quantitative estimate of drug-likeness (QED) is 0.116. The number of nitrogens with zero attached hydrogens (tertiary/aromatic N) is 1. The number of phosphoric ester groups is 1. The lowest BCUT2D eigenvalue weighted by Crippen LogP contribution is -2.33. The number of hydrogen-bond acceptors (Lipinski definition) is 16. The van der Waals surface area contributed by atoms with E-state index in [1.54, 1.807) is 12.1 Å². The maximum absolute atomic E-state index is 12.8. The number of benzene rings is 1. The van der Waals surface area contributed by atoms with Crippen LogP contribution in [0.25, 0.3) is 6.08 Å². The van der Waals surface area contributed by atoms with Gasteiger partial charge in [-0.1, -0.05) is 0 Å². The van der Waals surface area contributed by atoms with Crippen molar-refractivity contribution in [3.05, 3.63) is 56.9 Å². The van der Waals surface area contributed by atoms with Gasteiger partial charge < -0.3 is 58.4 Å². The van der Waals surface area contributed by atoms with Crippen LogP contribution in [0.2, 0.25) is 0 Å². The normalized spacial score (nSPS) is 23.2. The average molecular weight is 803 g/mol. The van der Waals surface area contributed by atoms with Crippen LogP contribution in [0.4, 0.5) is 5.69 Å². The van der Waals surface area contributed by atoms with E-state index in [0.29, 0.717) is 50.2 Å². The number of nitrogens with one attached hydrogen (secondary N) is 2. The second kappa shape index (κ2) is 18.8. The van der Waals surface area contributed by atoms with Crippen LogP contribution in [-0.2, 0) is 50.6 Å². The summed E-state index contributed by atoms with van der Waals surface area (Å²) in [4.78, 5) is 76.1. The zero-order valence-electron chi connectivity index (χ0n) is 26.9. The Balaban J connectivity index is 1.38. The van der Waals surface area contributed by atoms with Gasteiger partial charge in [0.25, 0.3) is 5.56 Å². The molecule has 2 aliphatic rings. The molecule has 26 heteroatoms. The van der Waals surface area contributed by atoms with Gasteiger partial charge in [-0.2, -0.15) is 8.62 Å². The molecule has 0 radical (unpaired) electrons. The first-order valence-corrected chi connectivity index (χ1v) is 19.6. The SMILES string of the molecule is O=C(/C=C/c1cn([C@H]2C[C@H](O)[C@@H](COP(=O)(O)OP(=O)(O)OP(=O)(O)O)O2)c(=O)[nH]c1=O)Nc1ccc2c(c1)OCCOCCOCCOCCO2. The van der Waals surface area contributed by atoms with Crippen LogP contribution in [0.15, 0.2) is 40.1 Å². The molecule has 1 fully saturated rings. The van der Waals surface area contributed by atoms with Crippen molar-refractivity contribution in [3.8, 4) is 11.5 Å². The molecule has 1 amide bonds. The zero-order chi connectivity index (χ0) is 37.9. The van der Waals surface area contributed by atoms with Crippen LogP contribution >= 0.6 is 23.5 Å². The second-order valence-electron chi connectivity index (χ2n) is 10.6. The van der Waals surface area contributed by atoms with Crippen LogP contribution in [0.1, 0.15) is 18.2 Å². The van der Waals surface area contributed by atoms with Crippen molar-refractivity contribution in [1.82, 2.24) is 9.55 Å². The third-order valence-corrected chi connectivity index (χ3v) is 10.5. The van der Waals surface area contributed by atoms with Gasteiger partial charge in [0, 0.05) is 30.4 Å². The summed E-state index contributed by atoms with van der Waals surface area (Å²) in [5.74, 6) is 0.0394. The fraction of sp³-hybridized carbons (Fsp3) is 0.500. The summed E-state index contributed by atoms with van der Waals surface area (Å²) in [6.45, 7) is 1.58. The van der Waals surface area contributed by atoms with Gasteiger partial charge in [-0.15, -0.1) is 0 Å². The number of fused-ring (bicyclic) bond motifs is 1. The molecule has 3 heterocycles. The minimum absolute atomic E-state index is 0.180. The van der Waals surface area contributed by atoms with Crippen molar-refractivity contribution in [2.24, 2.45) is 0 Å². The first kappa shape index (κ1) is 41.7. The molecule has 0 spiro atoms. The molecule has 0 aliphatic carbocycles. The number of carbonyl (C=O) groups is 1. The fourth-order valence-electron chi connectivity index (χ4n) is 4.47. The number of phosphoric acid groups is 3. The van der Waals surface area contributed by atoms with Crippen LogP contribution in [0.3, 0.4) is 0 Å². The van der Waals surface area contributed by atoms with Crippen LogP contribution < -0.4 is 26.0 Å². The Bertz CT molecular complexity index is 1830. The number of carbonyl (C=O) groups excluding carboxylic acids is 1. The average Bonchev–Trinajstić information content (AvgIpc) is 3.40. The molecule has 52 heavy (non-hydrogen) atoms. The summed E-state index contributed by atoms with van der Waals surface area (Å²) in [5, 5.41) is 13.0. The number of amides is 1. The van der Waals surface area contributed by atoms with Crippen molar-refractivity contribution < 1.29 is 84.7 Å². The molecule has 2 aromatic rings. The van der Waals surface area contributed by atoms with Crippen LogP contribution in [0, 0.1) is 0 Å². The molecular weight excluding hydrogens is 767 g/mol. The van der Waals surface area contributed by atoms with Gasteiger partial charge in [0.15, 0.2) is 11.5 Å². The fourth-order valence-corrected chi connectivity index (χ4v) is 7.50. The van der Waals surface area contributed by atoms with E-state index in [0.717, 1.165) is 22.9 Å². The largest absolute Gasteiger partial charge is 0.490 e. The zero-order valence-corrected chi connectivity index (χ0v) is 29.6. The molecule has 2 aliphatic heterocycles. The number of hydrogen-bond donors (Lipinski definition) is 7. The molecule has 290 valence electrons. The highest BCUT2D eigenvalue weighted by Gasteiger charge is 2.43. The van der Waals surface area contributed by atoms with Gasteiger partial charge in [-0.25, -0.2) is 18.5 Å². The van der Waals surface area contributed by atoms with E-state index in [4.69, 9.17) is 38.2 Å². The Morgan fingerprint density at radius 1 is 0.904 bits per heavy atom. The van der Waals surface area contributed by atoms with Crippen LogP contribution in [-0.4, -0.2) is 112 Å². The smallest absolute Gasteiger partial charge is 0.487 e. The van der Waals surface area contributed by atoms with E-state index >= 15 is 0 Å². The first-order valence-electron chi connectivity index (χ1n) is 15.1. The summed E-state index contributed by atoms with van der Waals surface area (Å²) in [6, 6.07) is 4.67. The Hall–Kier alpha value is -3.08. The lowest BCUT2D eigenvalue weighted by Gasteiger charge is -2.19. The van der Waals surface area contributed by atoms with Gasteiger partial charge in [0.2, 0.25) is 5.91 Å². The molecule has 7 N–H and O–H groups in total. The predicted molar refractivity (Wildman–Crippen MR) is 173 cm³/mol. The van der Waals surface area contributed by atoms with Gasteiger partial charge >= 0.3 is 29.2 Å². The number of aliphatic hydroxyl groups is 1. The number of aromatic nitrogens is 2. The van der Waals surface area contributed by atoms with Crippen LogP contribution in [0.5, 0.6) is 11.5 Å². The Kier molecular flexibility index (Phi) is 15.1. The minimum Gasteiger partial charge on any atom is -0.487 e. The predicted octanol–water partition coefficient (Wildman–Crippen LogP) is 0.00120. The summed E-state index contributed by atoms with van der Waals surface area (Å²) in [6.07, 6.45) is -1.37. The number of rotatable bonds is 11. The molecule has 2 unspecified atom stereocenters. The van der Waals surface area contributed by atoms with Gasteiger partial charge in [-0.3, -0.25) is 23.7 Å². The molecular formula is C26H36N3O20P3. The van der Waals surface area contributed by atoms with E-state index in [9.17, 15) is 43.0 Å². The van der Waals surface area contributed by atoms with E-state index in [1.807, 2.05) is 4.98 Å².